The van der Waals surface area contributed by atoms with Crippen molar-refractivity contribution in [3.8, 4) is 22.6 Å². The van der Waals surface area contributed by atoms with E-state index in [0.29, 0.717) is 23.1 Å². The van der Waals surface area contributed by atoms with Gasteiger partial charge in [-0.1, -0.05) is 12.1 Å². The zero-order valence-corrected chi connectivity index (χ0v) is 17.2. The summed E-state index contributed by atoms with van der Waals surface area (Å²) in [7, 11) is 1.99. The minimum absolute atomic E-state index is 0.308. The Balaban J connectivity index is 1.72. The highest BCUT2D eigenvalue weighted by Gasteiger charge is 2.21. The van der Waals surface area contributed by atoms with Crippen LogP contribution in [0.15, 0.2) is 53.1 Å². The molecule has 6 heteroatoms. The lowest BCUT2D eigenvalue weighted by molar-refractivity contribution is -0.659. The van der Waals surface area contributed by atoms with Gasteiger partial charge in [-0.2, -0.15) is 0 Å². The van der Waals surface area contributed by atoms with Crippen molar-refractivity contribution < 1.29 is 13.4 Å². The van der Waals surface area contributed by atoms with Gasteiger partial charge in [0.05, 0.1) is 11.1 Å². The lowest BCUT2D eigenvalue weighted by Gasteiger charge is -2.07. The van der Waals surface area contributed by atoms with Crippen molar-refractivity contribution in [3.05, 3.63) is 71.7 Å². The first-order valence-electron chi connectivity index (χ1n) is 9.72. The summed E-state index contributed by atoms with van der Waals surface area (Å²) < 4.78 is 21.9. The number of pyridine rings is 1. The van der Waals surface area contributed by atoms with Crippen molar-refractivity contribution in [2.45, 2.75) is 20.8 Å². The molecule has 0 bridgehead atoms. The van der Waals surface area contributed by atoms with E-state index in [-0.39, 0.29) is 5.82 Å². The molecule has 0 aliphatic heterocycles. The predicted molar refractivity (Wildman–Crippen MR) is 113 cm³/mol. The third kappa shape index (κ3) is 2.92. The first-order chi connectivity index (χ1) is 14.4. The van der Waals surface area contributed by atoms with Crippen LogP contribution in [0, 0.1) is 26.6 Å². The number of fused-ring (bicyclic) bond motifs is 3. The molecule has 148 valence electrons. The monoisotopic (exact) mass is 399 g/mol. The maximum atomic E-state index is 13.7. The maximum absolute atomic E-state index is 13.7. The molecule has 0 N–H and O–H groups in total. The van der Waals surface area contributed by atoms with E-state index in [2.05, 4.69) is 27.9 Å². The van der Waals surface area contributed by atoms with Gasteiger partial charge < -0.3 is 4.42 Å². The molecule has 0 aliphatic rings. The van der Waals surface area contributed by atoms with E-state index in [4.69, 9.17) is 4.42 Å². The van der Waals surface area contributed by atoms with Gasteiger partial charge in [-0.25, -0.2) is 23.9 Å². The quantitative estimate of drug-likeness (QED) is 0.392. The van der Waals surface area contributed by atoms with Crippen LogP contribution in [0.3, 0.4) is 0 Å². The Labute approximate surface area is 172 Å². The molecule has 30 heavy (non-hydrogen) atoms. The number of furan rings is 1. The average molecular weight is 399 g/mol. The summed E-state index contributed by atoms with van der Waals surface area (Å²) in [6.45, 7) is 5.77. The Hall–Kier alpha value is -3.67. The van der Waals surface area contributed by atoms with E-state index in [1.807, 2.05) is 49.9 Å². The highest BCUT2D eigenvalue weighted by molar-refractivity contribution is 6.09. The first-order valence-corrected chi connectivity index (χ1v) is 9.72. The maximum Gasteiger partial charge on any atom is 0.216 e. The van der Waals surface area contributed by atoms with Crippen LogP contribution in [0.1, 0.15) is 17.2 Å². The summed E-state index contributed by atoms with van der Waals surface area (Å²) in [5.74, 6) is 1.73. The molecule has 5 rings (SSSR count). The minimum atomic E-state index is -0.308. The summed E-state index contributed by atoms with van der Waals surface area (Å²) >= 11 is 0. The fourth-order valence-corrected chi connectivity index (χ4v) is 3.97. The van der Waals surface area contributed by atoms with Crippen LogP contribution in [-0.2, 0) is 7.05 Å². The Morgan fingerprint density at radius 3 is 2.33 bits per heavy atom. The highest BCUT2D eigenvalue weighted by atomic mass is 19.1. The summed E-state index contributed by atoms with van der Waals surface area (Å²) in [5, 5.41) is 1.88. The normalized spacial score (nSPS) is 11.5. The fourth-order valence-electron chi connectivity index (χ4n) is 3.97. The first kappa shape index (κ1) is 18.4. The minimum Gasteiger partial charge on any atom is -0.455 e. The second-order valence-electron chi connectivity index (χ2n) is 7.54. The molecular weight excluding hydrogens is 379 g/mol. The van der Waals surface area contributed by atoms with Crippen molar-refractivity contribution in [1.29, 1.82) is 0 Å². The standard InChI is InChI=1S/C24H20FN4O/c1-13-5-8-19-18-9-7-17(25)11-21(18)30-23(19)22(13)20-10-6-16(12-29(20)4)24-27-14(2)26-15(3)28-24/h5-12H,1-4H3/q+1. The van der Waals surface area contributed by atoms with Crippen LogP contribution in [0.4, 0.5) is 4.39 Å². The van der Waals surface area contributed by atoms with Crippen LogP contribution in [0.2, 0.25) is 0 Å². The molecule has 0 saturated heterocycles. The van der Waals surface area contributed by atoms with Gasteiger partial charge in [0.15, 0.2) is 12.0 Å². The topological polar surface area (TPSA) is 55.7 Å². The van der Waals surface area contributed by atoms with E-state index in [9.17, 15) is 4.39 Å². The zero-order valence-electron chi connectivity index (χ0n) is 17.2. The molecule has 0 atom stereocenters. The van der Waals surface area contributed by atoms with Gasteiger partial charge in [-0.15, -0.1) is 0 Å². The molecule has 0 fully saturated rings. The van der Waals surface area contributed by atoms with Crippen LogP contribution >= 0.6 is 0 Å². The smallest absolute Gasteiger partial charge is 0.216 e. The number of benzene rings is 2. The zero-order chi connectivity index (χ0) is 21.0. The lowest BCUT2D eigenvalue weighted by atomic mass is 10.00. The second-order valence-corrected chi connectivity index (χ2v) is 7.54. The average Bonchev–Trinajstić information content (AvgIpc) is 3.05. The highest BCUT2D eigenvalue weighted by Crippen LogP contribution is 2.37. The summed E-state index contributed by atoms with van der Waals surface area (Å²) in [5.41, 5.74) is 5.27. The molecular formula is C24H20FN4O+. The predicted octanol–water partition coefficient (Wildman–Crippen LogP) is 4.99. The number of aromatic nitrogens is 4. The summed E-state index contributed by atoms with van der Waals surface area (Å²) in [6, 6.07) is 12.8. The lowest BCUT2D eigenvalue weighted by Crippen LogP contribution is -2.31. The van der Waals surface area contributed by atoms with E-state index < -0.39 is 0 Å². The van der Waals surface area contributed by atoms with Crippen LogP contribution in [0.5, 0.6) is 0 Å². The van der Waals surface area contributed by atoms with Crippen LogP contribution < -0.4 is 4.57 Å². The van der Waals surface area contributed by atoms with Gasteiger partial charge in [0.1, 0.15) is 35.7 Å². The molecule has 3 heterocycles. The van der Waals surface area contributed by atoms with Gasteiger partial charge >= 0.3 is 0 Å². The van der Waals surface area contributed by atoms with Crippen molar-refractivity contribution in [2.24, 2.45) is 7.05 Å². The Morgan fingerprint density at radius 1 is 0.867 bits per heavy atom. The van der Waals surface area contributed by atoms with Gasteiger partial charge in [0.2, 0.25) is 5.69 Å². The number of hydrogen-bond donors (Lipinski definition) is 0. The molecule has 0 saturated carbocycles. The van der Waals surface area contributed by atoms with Gasteiger partial charge in [-0.05, 0) is 44.5 Å². The number of hydrogen-bond acceptors (Lipinski definition) is 4. The number of halogens is 1. The van der Waals surface area contributed by atoms with Gasteiger partial charge in [0.25, 0.3) is 0 Å². The Bertz CT molecular complexity index is 1440. The molecule has 0 radical (unpaired) electrons. The van der Waals surface area contributed by atoms with Crippen LogP contribution in [-0.4, -0.2) is 15.0 Å². The van der Waals surface area contributed by atoms with Gasteiger partial charge in [-0.3, -0.25) is 0 Å². The molecule has 2 aromatic carbocycles. The second kappa shape index (κ2) is 6.69. The van der Waals surface area contributed by atoms with E-state index >= 15 is 0 Å². The molecule has 0 spiro atoms. The molecule has 5 nitrogen and oxygen atoms in total. The van der Waals surface area contributed by atoms with Crippen molar-refractivity contribution in [2.75, 3.05) is 0 Å². The molecule has 0 aliphatic carbocycles. The number of rotatable bonds is 2. The van der Waals surface area contributed by atoms with Crippen LogP contribution in [0.25, 0.3) is 44.6 Å². The largest absolute Gasteiger partial charge is 0.455 e. The van der Waals surface area contributed by atoms with E-state index in [1.54, 1.807) is 6.07 Å². The number of nitrogens with zero attached hydrogens (tertiary/aromatic N) is 4. The van der Waals surface area contributed by atoms with E-state index in [1.165, 1.54) is 12.1 Å². The molecule has 0 amide bonds. The molecule has 0 unspecified atom stereocenters. The fraction of sp³-hybridized carbons (Fsp3) is 0.167. The van der Waals surface area contributed by atoms with Crippen molar-refractivity contribution in [3.63, 3.8) is 0 Å². The Morgan fingerprint density at radius 2 is 1.60 bits per heavy atom. The molecule has 3 aromatic heterocycles. The number of aryl methyl sites for hydroxylation is 4. The summed E-state index contributed by atoms with van der Waals surface area (Å²) in [6.07, 6.45) is 2.00. The Kier molecular flexibility index (Phi) is 4.10. The summed E-state index contributed by atoms with van der Waals surface area (Å²) in [4.78, 5) is 13.2. The van der Waals surface area contributed by atoms with Crippen molar-refractivity contribution in [1.82, 2.24) is 15.0 Å². The third-order valence-electron chi connectivity index (χ3n) is 5.32. The SMILES string of the molecule is Cc1nc(C)nc(-c2ccc(-c3c(C)ccc4c3oc3cc(F)ccc34)[n+](C)c2)n1. The third-order valence-corrected chi connectivity index (χ3v) is 5.32. The van der Waals surface area contributed by atoms with Crippen molar-refractivity contribution >= 4 is 21.9 Å². The van der Waals surface area contributed by atoms with Gasteiger partial charge in [0, 0.05) is 22.9 Å². The van der Waals surface area contributed by atoms with E-state index in [0.717, 1.165) is 38.7 Å². The molecule has 5 aromatic rings.